The monoisotopic (exact) mass is 377 g/mol. The van der Waals surface area contributed by atoms with E-state index in [1.54, 1.807) is 35.4 Å². The Labute approximate surface area is 163 Å². The van der Waals surface area contributed by atoms with Crippen molar-refractivity contribution in [1.82, 2.24) is 14.8 Å². The molecule has 0 saturated heterocycles. The molecule has 0 bridgehead atoms. The summed E-state index contributed by atoms with van der Waals surface area (Å²) in [4.78, 5) is 34.9. The zero-order valence-electron chi connectivity index (χ0n) is 16.1. The van der Waals surface area contributed by atoms with Crippen LogP contribution < -0.4 is 5.43 Å². The van der Waals surface area contributed by atoms with Crippen molar-refractivity contribution in [2.24, 2.45) is 0 Å². The Hall–Kier alpha value is -2.99. The van der Waals surface area contributed by atoms with Crippen molar-refractivity contribution in [3.8, 4) is 0 Å². The molecule has 0 N–H and O–H groups in total. The number of fused-ring (bicyclic) bond motifs is 2. The topological polar surface area (TPSA) is 66.7 Å². The van der Waals surface area contributed by atoms with Gasteiger partial charge in [-0.15, -0.1) is 0 Å². The molecule has 2 aromatic heterocycles. The van der Waals surface area contributed by atoms with Gasteiger partial charge in [0, 0.05) is 19.3 Å². The van der Waals surface area contributed by atoms with Crippen LogP contribution in [0.1, 0.15) is 41.7 Å². The van der Waals surface area contributed by atoms with Crippen LogP contribution in [0.25, 0.3) is 11.0 Å². The largest absolute Gasteiger partial charge is 0.450 e. The smallest absolute Gasteiger partial charge is 0.291 e. The van der Waals surface area contributed by atoms with E-state index < -0.39 is 6.04 Å². The Kier molecular flexibility index (Phi) is 4.96. The summed E-state index contributed by atoms with van der Waals surface area (Å²) in [5.74, 6) is -0.112. The molecule has 144 valence electrons. The fourth-order valence-electron chi connectivity index (χ4n) is 3.83. The van der Waals surface area contributed by atoms with E-state index in [0.717, 1.165) is 19.6 Å². The van der Waals surface area contributed by atoms with Crippen LogP contribution in [-0.2, 0) is 0 Å². The maximum atomic E-state index is 13.3. The lowest BCUT2D eigenvalue weighted by Crippen LogP contribution is -2.38. The number of likely N-dealkylation sites (N-methyl/N-ethyl adjacent to an activating group) is 1. The normalized spacial score (nSPS) is 16.2. The second kappa shape index (κ2) is 7.56. The molecular formula is C22H23N3O3. The van der Waals surface area contributed by atoms with E-state index in [0.29, 0.717) is 28.8 Å². The Morgan fingerprint density at radius 1 is 1.07 bits per heavy atom. The van der Waals surface area contributed by atoms with Crippen LogP contribution in [0.15, 0.2) is 57.9 Å². The molecule has 28 heavy (non-hydrogen) atoms. The van der Waals surface area contributed by atoms with Gasteiger partial charge in [0.25, 0.3) is 5.91 Å². The Bertz CT molecular complexity index is 1060. The molecule has 1 atom stereocenters. The SMILES string of the molecule is CCN(CC)CCN1C(=O)c2oc3ccccc3c(=O)c2[C@@H]1c1ccccn1. The lowest BCUT2D eigenvalue weighted by Gasteiger charge is -2.27. The number of rotatable bonds is 6. The molecule has 0 saturated carbocycles. The van der Waals surface area contributed by atoms with E-state index in [2.05, 4.69) is 23.7 Å². The minimum Gasteiger partial charge on any atom is -0.450 e. The summed E-state index contributed by atoms with van der Waals surface area (Å²) in [5.41, 5.74) is 1.34. The zero-order chi connectivity index (χ0) is 19.7. The summed E-state index contributed by atoms with van der Waals surface area (Å²) >= 11 is 0. The van der Waals surface area contributed by atoms with E-state index >= 15 is 0 Å². The van der Waals surface area contributed by atoms with Crippen molar-refractivity contribution in [1.29, 1.82) is 0 Å². The molecule has 1 amide bonds. The number of aromatic nitrogens is 1. The summed E-state index contributed by atoms with van der Waals surface area (Å²) in [7, 11) is 0. The molecule has 0 aliphatic carbocycles. The quantitative estimate of drug-likeness (QED) is 0.660. The number of nitrogens with zero attached hydrogens (tertiary/aromatic N) is 3. The number of amides is 1. The van der Waals surface area contributed by atoms with Gasteiger partial charge in [-0.2, -0.15) is 0 Å². The maximum Gasteiger partial charge on any atom is 0.291 e. The van der Waals surface area contributed by atoms with Crippen LogP contribution in [0.3, 0.4) is 0 Å². The van der Waals surface area contributed by atoms with Crippen molar-refractivity contribution < 1.29 is 9.21 Å². The minimum atomic E-state index is -0.528. The first-order valence-electron chi connectivity index (χ1n) is 9.65. The van der Waals surface area contributed by atoms with Crippen LogP contribution in [0.5, 0.6) is 0 Å². The fraction of sp³-hybridized carbons (Fsp3) is 0.318. The summed E-state index contributed by atoms with van der Waals surface area (Å²) < 4.78 is 5.91. The van der Waals surface area contributed by atoms with Crippen LogP contribution in [-0.4, -0.2) is 46.9 Å². The molecule has 1 aliphatic heterocycles. The van der Waals surface area contributed by atoms with E-state index in [1.807, 2.05) is 18.2 Å². The summed E-state index contributed by atoms with van der Waals surface area (Å²) in [5, 5.41) is 0.487. The Balaban J connectivity index is 1.85. The van der Waals surface area contributed by atoms with Crippen molar-refractivity contribution >= 4 is 16.9 Å². The summed E-state index contributed by atoms with van der Waals surface area (Å²) in [6.45, 7) is 7.23. The molecular weight excluding hydrogens is 354 g/mol. The molecule has 0 spiro atoms. The van der Waals surface area contributed by atoms with Gasteiger partial charge in [0.1, 0.15) is 11.6 Å². The third-order valence-corrected chi connectivity index (χ3v) is 5.39. The van der Waals surface area contributed by atoms with Gasteiger partial charge in [0.05, 0.1) is 16.6 Å². The van der Waals surface area contributed by atoms with Crippen LogP contribution in [0.2, 0.25) is 0 Å². The molecule has 1 aromatic carbocycles. The average Bonchev–Trinajstić information content (AvgIpc) is 3.02. The number of carbonyl (C=O) groups is 1. The van der Waals surface area contributed by atoms with Gasteiger partial charge in [0.15, 0.2) is 5.43 Å². The van der Waals surface area contributed by atoms with Crippen molar-refractivity contribution in [2.75, 3.05) is 26.2 Å². The first-order chi connectivity index (χ1) is 13.7. The molecule has 0 unspecified atom stereocenters. The van der Waals surface area contributed by atoms with E-state index in [4.69, 9.17) is 4.42 Å². The van der Waals surface area contributed by atoms with Gasteiger partial charge in [-0.25, -0.2) is 0 Å². The highest BCUT2D eigenvalue weighted by atomic mass is 16.3. The predicted octanol–water partition coefficient (Wildman–Crippen LogP) is 3.08. The number of hydrogen-bond acceptors (Lipinski definition) is 5. The molecule has 1 aliphatic rings. The van der Waals surface area contributed by atoms with Gasteiger partial charge in [-0.05, 0) is 37.4 Å². The van der Waals surface area contributed by atoms with Crippen LogP contribution in [0.4, 0.5) is 0 Å². The predicted molar refractivity (Wildman–Crippen MR) is 107 cm³/mol. The standard InChI is InChI=1S/C22H23N3O3/c1-3-24(4-2)13-14-25-19(16-10-7-8-12-23-16)18-20(26)15-9-5-6-11-17(15)28-21(18)22(25)27/h5-12,19H,3-4,13-14H2,1-2H3/t19-/m0/s1. The number of benzene rings is 1. The zero-order valence-corrected chi connectivity index (χ0v) is 16.1. The van der Waals surface area contributed by atoms with Crippen LogP contribution in [0, 0.1) is 0 Å². The van der Waals surface area contributed by atoms with Gasteiger partial charge in [0.2, 0.25) is 5.76 Å². The highest BCUT2D eigenvalue weighted by molar-refractivity contribution is 5.98. The molecule has 6 nitrogen and oxygen atoms in total. The maximum absolute atomic E-state index is 13.3. The molecule has 6 heteroatoms. The lowest BCUT2D eigenvalue weighted by atomic mass is 10.0. The fourth-order valence-corrected chi connectivity index (χ4v) is 3.83. The van der Waals surface area contributed by atoms with Gasteiger partial charge < -0.3 is 14.2 Å². The first kappa shape index (κ1) is 18.4. The third-order valence-electron chi connectivity index (χ3n) is 5.39. The molecule has 0 radical (unpaired) electrons. The third kappa shape index (κ3) is 2.99. The summed E-state index contributed by atoms with van der Waals surface area (Å²) in [6.07, 6.45) is 1.68. The van der Waals surface area contributed by atoms with Crippen molar-refractivity contribution in [3.63, 3.8) is 0 Å². The van der Waals surface area contributed by atoms with Gasteiger partial charge in [-0.1, -0.05) is 32.0 Å². The lowest BCUT2D eigenvalue weighted by molar-refractivity contribution is 0.0705. The Morgan fingerprint density at radius 3 is 2.54 bits per heavy atom. The number of para-hydroxylation sites is 1. The average molecular weight is 377 g/mol. The van der Waals surface area contributed by atoms with E-state index in [1.165, 1.54) is 0 Å². The van der Waals surface area contributed by atoms with Crippen molar-refractivity contribution in [2.45, 2.75) is 19.9 Å². The highest BCUT2D eigenvalue weighted by Crippen LogP contribution is 2.36. The Morgan fingerprint density at radius 2 is 1.82 bits per heavy atom. The second-order valence-corrected chi connectivity index (χ2v) is 6.85. The van der Waals surface area contributed by atoms with Gasteiger partial charge in [-0.3, -0.25) is 14.6 Å². The molecule has 0 fully saturated rings. The number of hydrogen-bond donors (Lipinski definition) is 0. The molecule has 4 rings (SSSR count). The number of pyridine rings is 1. The summed E-state index contributed by atoms with van der Waals surface area (Å²) in [6, 6.07) is 12.1. The first-order valence-corrected chi connectivity index (χ1v) is 9.65. The van der Waals surface area contributed by atoms with Crippen molar-refractivity contribution in [3.05, 3.63) is 75.9 Å². The highest BCUT2D eigenvalue weighted by Gasteiger charge is 2.43. The number of carbonyl (C=O) groups excluding carboxylic acids is 1. The molecule has 3 heterocycles. The van der Waals surface area contributed by atoms with E-state index in [-0.39, 0.29) is 17.1 Å². The van der Waals surface area contributed by atoms with E-state index in [9.17, 15) is 9.59 Å². The van der Waals surface area contributed by atoms with Gasteiger partial charge >= 0.3 is 0 Å². The van der Waals surface area contributed by atoms with Crippen LogP contribution >= 0.6 is 0 Å². The minimum absolute atomic E-state index is 0.138. The molecule has 3 aromatic rings. The second-order valence-electron chi connectivity index (χ2n) is 6.85.